The maximum absolute atomic E-state index is 14.1. The van der Waals surface area contributed by atoms with Crippen LogP contribution in [0.2, 0.25) is 0 Å². The van der Waals surface area contributed by atoms with Crippen molar-refractivity contribution in [2.45, 2.75) is 57.0 Å². The first-order valence-corrected chi connectivity index (χ1v) is 13.9. The van der Waals surface area contributed by atoms with Crippen LogP contribution in [0.3, 0.4) is 0 Å². The number of nitrogens with zero attached hydrogens (tertiary/aromatic N) is 1. The van der Waals surface area contributed by atoms with E-state index >= 15 is 0 Å². The summed E-state index contributed by atoms with van der Waals surface area (Å²) in [6.07, 6.45) is 0.465. The van der Waals surface area contributed by atoms with E-state index in [2.05, 4.69) is 10.6 Å². The molecule has 3 amide bonds. The zero-order valence-electron chi connectivity index (χ0n) is 23.0. The van der Waals surface area contributed by atoms with Crippen LogP contribution in [0.5, 0.6) is 0 Å². The topological polar surface area (TPSA) is 108 Å². The number of aliphatic hydroxyl groups is 1. The van der Waals surface area contributed by atoms with Crippen molar-refractivity contribution in [2.75, 3.05) is 11.9 Å². The quantitative estimate of drug-likeness (QED) is 0.425. The Kier molecular flexibility index (Phi) is 6.43. The number of ether oxygens (including phenoxy) is 1. The van der Waals surface area contributed by atoms with Crippen LogP contribution in [-0.4, -0.2) is 57.6 Å². The standard InChI is InChI=1S/C32H35N3O5/c1-19-16-32-26(25(31(19,3)40-32)28(37)33-17-21-9-5-4-6-10-21)30(39)35(20(2)18-36)27(32)29(38)34-24-14-13-22-11-7-8-12-23(22)15-24/h4-15,19-20,25-27,36H,16-18H2,1-3H3,(H,33,37)(H,34,38)/t19?,20-,25-,26+,27?,31+,32?/m1/s1. The molecule has 0 saturated carbocycles. The van der Waals surface area contributed by atoms with Crippen LogP contribution in [0, 0.1) is 17.8 Å². The van der Waals surface area contributed by atoms with E-state index < -0.39 is 35.1 Å². The summed E-state index contributed by atoms with van der Waals surface area (Å²) in [5.41, 5.74) is -0.521. The van der Waals surface area contributed by atoms with Crippen LogP contribution in [-0.2, 0) is 25.7 Å². The molecule has 40 heavy (non-hydrogen) atoms. The van der Waals surface area contributed by atoms with Crippen molar-refractivity contribution >= 4 is 34.2 Å². The number of hydrogen-bond acceptors (Lipinski definition) is 5. The molecule has 3 aromatic carbocycles. The molecule has 3 aliphatic heterocycles. The highest BCUT2D eigenvalue weighted by Gasteiger charge is 2.80. The smallest absolute Gasteiger partial charge is 0.250 e. The lowest BCUT2D eigenvalue weighted by Crippen LogP contribution is -2.56. The lowest BCUT2D eigenvalue weighted by molar-refractivity contribution is -0.148. The van der Waals surface area contributed by atoms with Crippen molar-refractivity contribution in [3.63, 3.8) is 0 Å². The van der Waals surface area contributed by atoms with Crippen molar-refractivity contribution in [3.05, 3.63) is 78.4 Å². The first-order valence-electron chi connectivity index (χ1n) is 13.9. The fraction of sp³-hybridized carbons (Fsp3) is 0.406. The van der Waals surface area contributed by atoms with E-state index in [0.717, 1.165) is 16.3 Å². The van der Waals surface area contributed by atoms with Gasteiger partial charge in [0.1, 0.15) is 11.6 Å². The zero-order chi connectivity index (χ0) is 28.2. The first-order chi connectivity index (χ1) is 19.2. The van der Waals surface area contributed by atoms with Gasteiger partial charge in [-0.2, -0.15) is 0 Å². The summed E-state index contributed by atoms with van der Waals surface area (Å²) in [6, 6.07) is 21.5. The van der Waals surface area contributed by atoms with Gasteiger partial charge in [-0.25, -0.2) is 0 Å². The Labute approximate surface area is 233 Å². The van der Waals surface area contributed by atoms with Gasteiger partial charge in [0.25, 0.3) is 0 Å². The van der Waals surface area contributed by atoms with Gasteiger partial charge in [-0.05, 0) is 54.7 Å². The molecule has 3 fully saturated rings. The molecule has 208 valence electrons. The molecule has 3 N–H and O–H groups in total. The fourth-order valence-electron chi connectivity index (χ4n) is 7.31. The number of hydrogen-bond donors (Lipinski definition) is 3. The molecular formula is C32H35N3O5. The maximum atomic E-state index is 14.1. The SMILES string of the molecule is CC1CC23O[C@]1(C)[C@@H](C(=O)NCc1ccccc1)[C@H]2C(=O)N([C@H](C)CO)C3C(=O)Nc1ccc2ccccc2c1. The largest absolute Gasteiger partial charge is 0.394 e. The molecule has 0 aliphatic carbocycles. The van der Waals surface area contributed by atoms with Crippen LogP contribution in [0.25, 0.3) is 10.8 Å². The first kappa shape index (κ1) is 26.5. The molecule has 6 rings (SSSR count). The summed E-state index contributed by atoms with van der Waals surface area (Å²) in [7, 11) is 0. The number of anilines is 1. The lowest BCUT2D eigenvalue weighted by atomic mass is 9.62. The molecular weight excluding hydrogens is 506 g/mol. The molecule has 3 aromatic rings. The van der Waals surface area contributed by atoms with E-state index in [4.69, 9.17) is 4.74 Å². The molecule has 0 aromatic heterocycles. The number of likely N-dealkylation sites (tertiary alicyclic amines) is 1. The van der Waals surface area contributed by atoms with Gasteiger partial charge in [0, 0.05) is 12.2 Å². The molecule has 3 unspecified atom stereocenters. The third-order valence-corrected chi connectivity index (χ3v) is 9.35. The average molecular weight is 542 g/mol. The number of carbonyl (C=O) groups excluding carboxylic acids is 3. The average Bonchev–Trinajstić information content (AvgIpc) is 3.48. The normalized spacial score (nSPS) is 31.3. The maximum Gasteiger partial charge on any atom is 0.250 e. The predicted molar refractivity (Wildman–Crippen MR) is 151 cm³/mol. The number of benzene rings is 3. The minimum Gasteiger partial charge on any atom is -0.394 e. The molecule has 0 radical (unpaired) electrons. The Morgan fingerprint density at radius 1 is 1.05 bits per heavy atom. The van der Waals surface area contributed by atoms with Crippen LogP contribution in [0.4, 0.5) is 5.69 Å². The van der Waals surface area contributed by atoms with Gasteiger partial charge in [-0.3, -0.25) is 14.4 Å². The van der Waals surface area contributed by atoms with Crippen LogP contribution < -0.4 is 10.6 Å². The molecule has 7 atom stereocenters. The number of carbonyl (C=O) groups is 3. The monoisotopic (exact) mass is 541 g/mol. The highest BCUT2D eigenvalue weighted by molar-refractivity contribution is 6.04. The Balaban J connectivity index is 1.35. The van der Waals surface area contributed by atoms with E-state index in [1.54, 1.807) is 6.92 Å². The Hall–Kier alpha value is -3.75. The van der Waals surface area contributed by atoms with Crippen molar-refractivity contribution in [2.24, 2.45) is 17.8 Å². The van der Waals surface area contributed by atoms with Gasteiger partial charge in [0.15, 0.2) is 0 Å². The molecule has 3 saturated heterocycles. The van der Waals surface area contributed by atoms with Gasteiger partial charge < -0.3 is 25.4 Å². The second-order valence-corrected chi connectivity index (χ2v) is 11.7. The van der Waals surface area contributed by atoms with E-state index in [9.17, 15) is 19.5 Å². The van der Waals surface area contributed by atoms with Crippen LogP contribution in [0.1, 0.15) is 32.8 Å². The highest BCUT2D eigenvalue weighted by atomic mass is 16.5. The van der Waals surface area contributed by atoms with E-state index in [-0.39, 0.29) is 30.2 Å². The number of aliphatic hydroxyl groups excluding tert-OH is 1. The minimum atomic E-state index is -1.18. The van der Waals surface area contributed by atoms with Crippen molar-refractivity contribution in [1.82, 2.24) is 10.2 Å². The van der Waals surface area contributed by atoms with Crippen molar-refractivity contribution in [1.29, 1.82) is 0 Å². The fourth-order valence-corrected chi connectivity index (χ4v) is 7.31. The van der Waals surface area contributed by atoms with Crippen LogP contribution in [0.15, 0.2) is 72.8 Å². The van der Waals surface area contributed by atoms with Gasteiger partial charge in [-0.1, -0.05) is 67.6 Å². The third kappa shape index (κ3) is 3.92. The van der Waals surface area contributed by atoms with Gasteiger partial charge in [0.2, 0.25) is 17.7 Å². The van der Waals surface area contributed by atoms with Gasteiger partial charge >= 0.3 is 0 Å². The Morgan fingerprint density at radius 2 is 1.75 bits per heavy atom. The molecule has 8 nitrogen and oxygen atoms in total. The molecule has 3 aliphatic rings. The second-order valence-electron chi connectivity index (χ2n) is 11.7. The Bertz CT molecular complexity index is 1480. The predicted octanol–water partition coefficient (Wildman–Crippen LogP) is 3.49. The minimum absolute atomic E-state index is 0.0654. The number of rotatable bonds is 7. The number of nitrogens with one attached hydrogen (secondary N) is 2. The summed E-state index contributed by atoms with van der Waals surface area (Å²) in [5.74, 6) is -2.62. The number of amides is 3. The summed E-state index contributed by atoms with van der Waals surface area (Å²) in [6.45, 7) is 5.64. The molecule has 3 heterocycles. The van der Waals surface area contributed by atoms with Crippen molar-refractivity contribution in [3.8, 4) is 0 Å². The number of fused-ring (bicyclic) bond motifs is 2. The zero-order valence-corrected chi connectivity index (χ0v) is 23.0. The third-order valence-electron chi connectivity index (χ3n) is 9.35. The molecule has 1 spiro atoms. The summed E-state index contributed by atoms with van der Waals surface area (Å²) < 4.78 is 6.74. The van der Waals surface area contributed by atoms with E-state index in [1.165, 1.54) is 4.90 Å². The molecule has 8 heteroatoms. The van der Waals surface area contributed by atoms with E-state index in [1.807, 2.05) is 86.6 Å². The van der Waals surface area contributed by atoms with Crippen LogP contribution >= 0.6 is 0 Å². The van der Waals surface area contributed by atoms with E-state index in [0.29, 0.717) is 18.7 Å². The van der Waals surface area contributed by atoms with Crippen molar-refractivity contribution < 1.29 is 24.2 Å². The summed E-state index contributed by atoms with van der Waals surface area (Å²) in [4.78, 5) is 43.4. The van der Waals surface area contributed by atoms with Gasteiger partial charge in [-0.15, -0.1) is 0 Å². The summed E-state index contributed by atoms with van der Waals surface area (Å²) in [5, 5.41) is 18.2. The second kappa shape index (κ2) is 9.71. The Morgan fingerprint density at radius 3 is 2.48 bits per heavy atom. The molecule has 2 bridgehead atoms. The highest BCUT2D eigenvalue weighted by Crippen LogP contribution is 2.65. The lowest BCUT2D eigenvalue weighted by Gasteiger charge is -2.36. The van der Waals surface area contributed by atoms with Gasteiger partial charge in [0.05, 0.1) is 30.1 Å². The summed E-state index contributed by atoms with van der Waals surface area (Å²) >= 11 is 0.